The lowest BCUT2D eigenvalue weighted by Crippen LogP contribution is -2.44. The molecular formula is C24H26FN5O. The van der Waals surface area contributed by atoms with E-state index in [2.05, 4.69) is 20.5 Å². The van der Waals surface area contributed by atoms with Crippen molar-refractivity contribution in [2.24, 2.45) is 0 Å². The quantitative estimate of drug-likeness (QED) is 0.662. The average Bonchev–Trinajstić information content (AvgIpc) is 3.54. The molecule has 160 valence electrons. The molecule has 0 bridgehead atoms. The number of carbonyl (C=O) groups is 1. The van der Waals surface area contributed by atoms with Crippen molar-refractivity contribution in [1.82, 2.24) is 25.2 Å². The number of rotatable bonds is 6. The zero-order valence-corrected chi connectivity index (χ0v) is 17.4. The lowest BCUT2D eigenvalue weighted by Gasteiger charge is -2.32. The van der Waals surface area contributed by atoms with Gasteiger partial charge in [-0.2, -0.15) is 0 Å². The van der Waals surface area contributed by atoms with Crippen molar-refractivity contribution >= 4 is 5.91 Å². The predicted molar refractivity (Wildman–Crippen MR) is 115 cm³/mol. The highest BCUT2D eigenvalue weighted by Crippen LogP contribution is 2.42. The van der Waals surface area contributed by atoms with Crippen molar-refractivity contribution in [2.75, 3.05) is 13.1 Å². The van der Waals surface area contributed by atoms with Crippen molar-refractivity contribution in [3.05, 3.63) is 77.4 Å². The van der Waals surface area contributed by atoms with E-state index in [1.807, 2.05) is 47.1 Å². The minimum absolute atomic E-state index is 0.124. The highest BCUT2D eigenvalue weighted by molar-refractivity contribution is 5.94. The number of nitrogens with zero attached hydrogens (tertiary/aromatic N) is 4. The fraction of sp³-hybridized carbons (Fsp3) is 0.375. The molecule has 1 aliphatic heterocycles. The lowest BCUT2D eigenvalue weighted by atomic mass is 10.0. The summed E-state index contributed by atoms with van der Waals surface area (Å²) in [6, 6.07) is 16.7. The Morgan fingerprint density at radius 2 is 1.71 bits per heavy atom. The number of carbonyl (C=O) groups excluding carboxylic acids is 1. The third-order valence-corrected chi connectivity index (χ3v) is 6.13. The number of para-hydroxylation sites is 1. The van der Waals surface area contributed by atoms with E-state index in [4.69, 9.17) is 0 Å². The Morgan fingerprint density at radius 1 is 1.00 bits per heavy atom. The first kappa shape index (κ1) is 19.9. The molecule has 1 aromatic heterocycles. The highest BCUT2D eigenvalue weighted by Gasteiger charge is 2.35. The van der Waals surface area contributed by atoms with Crippen molar-refractivity contribution in [1.29, 1.82) is 0 Å². The van der Waals surface area contributed by atoms with Gasteiger partial charge < -0.3 is 5.32 Å². The van der Waals surface area contributed by atoms with Gasteiger partial charge in [-0.15, -0.1) is 5.10 Å². The summed E-state index contributed by atoms with van der Waals surface area (Å²) in [5, 5.41) is 11.7. The van der Waals surface area contributed by atoms with Gasteiger partial charge in [0.15, 0.2) is 5.69 Å². The fourth-order valence-corrected chi connectivity index (χ4v) is 4.27. The molecule has 1 aliphatic carbocycles. The van der Waals surface area contributed by atoms with Crippen LogP contribution in [0.2, 0.25) is 0 Å². The summed E-state index contributed by atoms with van der Waals surface area (Å²) in [6.45, 7) is 2.60. The number of hydrogen-bond acceptors (Lipinski definition) is 4. The Morgan fingerprint density at radius 3 is 2.39 bits per heavy atom. The number of amides is 1. The van der Waals surface area contributed by atoms with E-state index in [1.54, 1.807) is 0 Å². The second-order valence-corrected chi connectivity index (χ2v) is 8.50. The maximum absolute atomic E-state index is 13.1. The number of piperidine rings is 1. The van der Waals surface area contributed by atoms with Gasteiger partial charge in [0.2, 0.25) is 0 Å². The number of halogens is 1. The van der Waals surface area contributed by atoms with Crippen molar-refractivity contribution in [3.8, 4) is 5.69 Å². The topological polar surface area (TPSA) is 63.1 Å². The molecule has 0 atom stereocenters. The van der Waals surface area contributed by atoms with Gasteiger partial charge in [-0.1, -0.05) is 35.5 Å². The summed E-state index contributed by atoms with van der Waals surface area (Å²) in [4.78, 5) is 15.4. The van der Waals surface area contributed by atoms with Crippen LogP contribution in [-0.4, -0.2) is 44.9 Å². The molecule has 2 fully saturated rings. The monoisotopic (exact) mass is 419 g/mol. The van der Waals surface area contributed by atoms with Gasteiger partial charge in [0.05, 0.1) is 11.4 Å². The second kappa shape index (κ2) is 8.59. The molecule has 6 nitrogen and oxygen atoms in total. The molecule has 1 N–H and O–H groups in total. The molecule has 1 amide bonds. The molecule has 3 aromatic rings. The largest absolute Gasteiger partial charge is 0.348 e. The third kappa shape index (κ3) is 4.51. The van der Waals surface area contributed by atoms with E-state index in [9.17, 15) is 9.18 Å². The summed E-state index contributed by atoms with van der Waals surface area (Å²) < 4.78 is 14.9. The van der Waals surface area contributed by atoms with Gasteiger partial charge in [0.1, 0.15) is 5.82 Å². The predicted octanol–water partition coefficient (Wildman–Crippen LogP) is 3.68. The molecule has 7 heteroatoms. The Balaban J connectivity index is 1.21. The van der Waals surface area contributed by atoms with E-state index >= 15 is 0 Å². The maximum atomic E-state index is 13.1. The standard InChI is InChI=1S/C24H26FN5O/c25-19-10-6-17(7-11-19)16-29-14-12-20(13-15-29)26-24(31)22-23(18-8-9-18)30(28-27-22)21-4-2-1-3-5-21/h1-7,10-11,18,20H,8-9,12-16H2,(H,26,31). The van der Waals surface area contributed by atoms with Crippen LogP contribution in [0.1, 0.15) is 53.3 Å². The van der Waals surface area contributed by atoms with Gasteiger partial charge in [0.25, 0.3) is 5.91 Å². The average molecular weight is 420 g/mol. The number of benzene rings is 2. The fourth-order valence-electron chi connectivity index (χ4n) is 4.27. The highest BCUT2D eigenvalue weighted by atomic mass is 19.1. The molecule has 1 saturated heterocycles. The summed E-state index contributed by atoms with van der Waals surface area (Å²) >= 11 is 0. The minimum Gasteiger partial charge on any atom is -0.348 e. The minimum atomic E-state index is -0.208. The number of aromatic nitrogens is 3. The molecule has 2 aliphatic rings. The van der Waals surface area contributed by atoms with Crippen LogP contribution in [0.15, 0.2) is 54.6 Å². The summed E-state index contributed by atoms with van der Waals surface area (Å²) in [7, 11) is 0. The summed E-state index contributed by atoms with van der Waals surface area (Å²) in [5.74, 6) is 0.0227. The van der Waals surface area contributed by atoms with Crippen LogP contribution in [0, 0.1) is 5.82 Å². The number of hydrogen-bond donors (Lipinski definition) is 1. The van der Waals surface area contributed by atoms with E-state index in [0.29, 0.717) is 11.6 Å². The van der Waals surface area contributed by atoms with E-state index in [-0.39, 0.29) is 17.8 Å². The SMILES string of the molecule is O=C(NC1CCN(Cc2ccc(F)cc2)CC1)c1nnn(-c2ccccc2)c1C1CC1. The molecule has 0 radical (unpaired) electrons. The molecule has 2 heterocycles. The van der Waals surface area contributed by atoms with Crippen LogP contribution >= 0.6 is 0 Å². The molecular weight excluding hydrogens is 393 g/mol. The molecule has 5 rings (SSSR count). The zero-order chi connectivity index (χ0) is 21.2. The van der Waals surface area contributed by atoms with Crippen molar-refractivity contribution in [3.63, 3.8) is 0 Å². The molecule has 2 aromatic carbocycles. The Hall–Kier alpha value is -3.06. The lowest BCUT2D eigenvalue weighted by molar-refractivity contribution is 0.0902. The van der Waals surface area contributed by atoms with Gasteiger partial charge in [0, 0.05) is 31.6 Å². The maximum Gasteiger partial charge on any atom is 0.274 e. The van der Waals surface area contributed by atoms with Crippen molar-refractivity contribution in [2.45, 2.75) is 44.2 Å². The zero-order valence-electron chi connectivity index (χ0n) is 17.4. The third-order valence-electron chi connectivity index (χ3n) is 6.13. The van der Waals surface area contributed by atoms with E-state index in [1.165, 1.54) is 12.1 Å². The number of nitrogens with one attached hydrogen (secondary N) is 1. The second-order valence-electron chi connectivity index (χ2n) is 8.50. The Labute approximate surface area is 181 Å². The Bertz CT molecular complexity index is 1040. The molecule has 31 heavy (non-hydrogen) atoms. The van der Waals surface area contributed by atoms with Crippen LogP contribution in [0.3, 0.4) is 0 Å². The Kier molecular flexibility index (Phi) is 5.51. The van der Waals surface area contributed by atoms with Gasteiger partial charge in [-0.3, -0.25) is 9.69 Å². The molecule has 0 spiro atoms. The first-order valence-corrected chi connectivity index (χ1v) is 11.0. The van der Waals surface area contributed by atoms with E-state index in [0.717, 1.165) is 62.3 Å². The van der Waals surface area contributed by atoms with Gasteiger partial charge in [-0.25, -0.2) is 9.07 Å². The summed E-state index contributed by atoms with van der Waals surface area (Å²) in [5.41, 5.74) is 3.43. The molecule has 1 saturated carbocycles. The van der Waals surface area contributed by atoms with Gasteiger partial charge >= 0.3 is 0 Å². The van der Waals surface area contributed by atoms with E-state index < -0.39 is 0 Å². The van der Waals surface area contributed by atoms with Gasteiger partial charge in [-0.05, 0) is 55.5 Å². The number of likely N-dealkylation sites (tertiary alicyclic amines) is 1. The molecule has 0 unspecified atom stereocenters. The van der Waals surface area contributed by atoms with Crippen LogP contribution < -0.4 is 5.32 Å². The summed E-state index contributed by atoms with van der Waals surface area (Å²) in [6.07, 6.45) is 3.92. The van der Waals surface area contributed by atoms with Crippen LogP contribution in [0.4, 0.5) is 4.39 Å². The first-order chi connectivity index (χ1) is 15.2. The normalized spacial score (nSPS) is 17.6. The van der Waals surface area contributed by atoms with Crippen LogP contribution in [-0.2, 0) is 6.54 Å². The first-order valence-electron chi connectivity index (χ1n) is 11.0. The van der Waals surface area contributed by atoms with Crippen molar-refractivity contribution < 1.29 is 9.18 Å². The smallest absolute Gasteiger partial charge is 0.274 e. The van der Waals surface area contributed by atoms with Crippen LogP contribution in [0.25, 0.3) is 5.69 Å². The van der Waals surface area contributed by atoms with Crippen LogP contribution in [0.5, 0.6) is 0 Å².